The van der Waals surface area contributed by atoms with Gasteiger partial charge in [-0.25, -0.2) is 0 Å². The molecule has 0 fully saturated rings. The molecule has 1 aromatic carbocycles. The van der Waals surface area contributed by atoms with Crippen LogP contribution in [0.3, 0.4) is 0 Å². The van der Waals surface area contributed by atoms with Crippen molar-refractivity contribution in [2.45, 2.75) is 53.6 Å². The minimum Gasteiger partial charge on any atom is -0.369 e. The second kappa shape index (κ2) is 8.53. The highest BCUT2D eigenvalue weighted by molar-refractivity contribution is 6.30. The molecule has 0 aliphatic heterocycles. The molecular weight excluding hydrogens is 268 g/mol. The van der Waals surface area contributed by atoms with Crippen molar-refractivity contribution in [1.29, 1.82) is 0 Å². The Morgan fingerprint density at radius 1 is 1.20 bits per heavy atom. The van der Waals surface area contributed by atoms with Gasteiger partial charge in [-0.1, -0.05) is 32.4 Å². The van der Waals surface area contributed by atoms with E-state index in [2.05, 4.69) is 57.0 Å². The van der Waals surface area contributed by atoms with Gasteiger partial charge < -0.3 is 10.2 Å². The Bertz CT molecular complexity index is 402. The molecule has 114 valence electrons. The molecule has 1 N–H and O–H groups in total. The standard InChI is InChI=1S/C17H29ClN2/c1-6-9-20(14(4)5)17-8-7-16(18)10-15(17)12-19-11-13(2)3/h7-8,10,13-14,19H,6,9,11-12H2,1-5H3. The molecule has 0 atom stereocenters. The smallest absolute Gasteiger partial charge is 0.0415 e. The molecule has 0 aliphatic rings. The zero-order valence-electron chi connectivity index (χ0n) is 13.5. The van der Waals surface area contributed by atoms with Crippen LogP contribution in [0.25, 0.3) is 0 Å². The van der Waals surface area contributed by atoms with E-state index in [1.807, 2.05) is 6.07 Å². The van der Waals surface area contributed by atoms with Gasteiger partial charge in [0, 0.05) is 29.8 Å². The van der Waals surface area contributed by atoms with Gasteiger partial charge in [-0.3, -0.25) is 0 Å². The molecule has 0 aliphatic carbocycles. The van der Waals surface area contributed by atoms with Gasteiger partial charge in [-0.05, 0) is 56.5 Å². The van der Waals surface area contributed by atoms with Gasteiger partial charge in [0.1, 0.15) is 0 Å². The molecule has 0 spiro atoms. The van der Waals surface area contributed by atoms with Crippen molar-refractivity contribution in [2.24, 2.45) is 5.92 Å². The number of rotatable bonds is 8. The van der Waals surface area contributed by atoms with Crippen molar-refractivity contribution < 1.29 is 0 Å². The Labute approximate surface area is 129 Å². The largest absolute Gasteiger partial charge is 0.369 e. The Morgan fingerprint density at radius 2 is 1.90 bits per heavy atom. The number of hydrogen-bond acceptors (Lipinski definition) is 2. The third kappa shape index (κ3) is 5.34. The van der Waals surface area contributed by atoms with Crippen molar-refractivity contribution in [3.63, 3.8) is 0 Å². The van der Waals surface area contributed by atoms with Crippen molar-refractivity contribution >= 4 is 17.3 Å². The summed E-state index contributed by atoms with van der Waals surface area (Å²) < 4.78 is 0. The number of nitrogens with one attached hydrogen (secondary N) is 1. The Hall–Kier alpha value is -0.730. The van der Waals surface area contributed by atoms with Gasteiger partial charge in [0.05, 0.1) is 0 Å². The Morgan fingerprint density at radius 3 is 2.45 bits per heavy atom. The van der Waals surface area contributed by atoms with Crippen LogP contribution < -0.4 is 10.2 Å². The molecule has 2 nitrogen and oxygen atoms in total. The Balaban J connectivity index is 2.92. The summed E-state index contributed by atoms with van der Waals surface area (Å²) in [5, 5.41) is 4.33. The minimum absolute atomic E-state index is 0.500. The van der Waals surface area contributed by atoms with Crippen LogP contribution in [0.4, 0.5) is 5.69 Å². The Kier molecular flexibility index (Phi) is 7.39. The average Bonchev–Trinajstić information content (AvgIpc) is 2.36. The van der Waals surface area contributed by atoms with Crippen molar-refractivity contribution in [2.75, 3.05) is 18.0 Å². The van der Waals surface area contributed by atoms with Crippen LogP contribution in [0.15, 0.2) is 18.2 Å². The minimum atomic E-state index is 0.500. The first-order valence-corrected chi connectivity index (χ1v) is 8.09. The first-order valence-electron chi connectivity index (χ1n) is 7.71. The first-order chi connectivity index (χ1) is 9.45. The molecular formula is C17H29ClN2. The monoisotopic (exact) mass is 296 g/mol. The summed E-state index contributed by atoms with van der Waals surface area (Å²) >= 11 is 6.17. The van der Waals surface area contributed by atoms with E-state index in [9.17, 15) is 0 Å². The molecule has 0 aromatic heterocycles. The fraction of sp³-hybridized carbons (Fsp3) is 0.647. The highest BCUT2D eigenvalue weighted by Crippen LogP contribution is 2.26. The SMILES string of the molecule is CCCN(c1ccc(Cl)cc1CNCC(C)C)C(C)C. The maximum atomic E-state index is 6.17. The molecule has 3 heteroatoms. The topological polar surface area (TPSA) is 15.3 Å². The predicted octanol–water partition coefficient (Wildman–Crippen LogP) is 4.71. The quantitative estimate of drug-likeness (QED) is 0.747. The van der Waals surface area contributed by atoms with E-state index in [0.717, 1.165) is 31.1 Å². The van der Waals surface area contributed by atoms with Gasteiger partial charge in [-0.2, -0.15) is 0 Å². The summed E-state index contributed by atoms with van der Waals surface area (Å²) in [6.07, 6.45) is 1.15. The molecule has 1 rings (SSSR count). The molecule has 0 amide bonds. The zero-order chi connectivity index (χ0) is 15.1. The van der Waals surface area contributed by atoms with Gasteiger partial charge in [-0.15, -0.1) is 0 Å². The highest BCUT2D eigenvalue weighted by atomic mass is 35.5. The molecule has 1 aromatic rings. The van der Waals surface area contributed by atoms with Gasteiger partial charge >= 0.3 is 0 Å². The van der Waals surface area contributed by atoms with Crippen LogP contribution >= 0.6 is 11.6 Å². The summed E-state index contributed by atoms with van der Waals surface area (Å²) in [6, 6.07) is 6.74. The predicted molar refractivity (Wildman–Crippen MR) is 90.8 cm³/mol. The average molecular weight is 297 g/mol. The molecule has 0 unspecified atom stereocenters. The maximum absolute atomic E-state index is 6.17. The van der Waals surface area contributed by atoms with Crippen molar-refractivity contribution in [3.8, 4) is 0 Å². The van der Waals surface area contributed by atoms with E-state index in [-0.39, 0.29) is 0 Å². The van der Waals surface area contributed by atoms with Crippen LogP contribution in [0.2, 0.25) is 5.02 Å². The normalized spacial score (nSPS) is 11.4. The van der Waals surface area contributed by atoms with Crippen LogP contribution in [0, 0.1) is 5.92 Å². The lowest BCUT2D eigenvalue weighted by atomic mass is 10.1. The van der Waals surface area contributed by atoms with Gasteiger partial charge in [0.25, 0.3) is 0 Å². The number of anilines is 1. The second-order valence-corrected chi connectivity index (χ2v) is 6.52. The number of hydrogen-bond donors (Lipinski definition) is 1. The highest BCUT2D eigenvalue weighted by Gasteiger charge is 2.14. The molecule has 0 saturated heterocycles. The summed E-state index contributed by atoms with van der Waals surface area (Å²) in [6.45, 7) is 14.2. The van der Waals surface area contributed by atoms with Crippen LogP contribution in [0.1, 0.15) is 46.6 Å². The van der Waals surface area contributed by atoms with Crippen molar-refractivity contribution in [3.05, 3.63) is 28.8 Å². The summed E-state index contributed by atoms with van der Waals surface area (Å²) in [5.74, 6) is 0.662. The molecule has 0 bridgehead atoms. The summed E-state index contributed by atoms with van der Waals surface area (Å²) in [4.78, 5) is 2.46. The molecule has 0 heterocycles. The van der Waals surface area contributed by atoms with E-state index in [0.29, 0.717) is 12.0 Å². The van der Waals surface area contributed by atoms with E-state index < -0.39 is 0 Å². The number of nitrogens with zero attached hydrogens (tertiary/aromatic N) is 1. The first kappa shape index (κ1) is 17.3. The lowest BCUT2D eigenvalue weighted by molar-refractivity contribution is 0.551. The number of benzene rings is 1. The van der Waals surface area contributed by atoms with Crippen molar-refractivity contribution in [1.82, 2.24) is 5.32 Å². The van der Waals surface area contributed by atoms with Gasteiger partial charge in [0.15, 0.2) is 0 Å². The van der Waals surface area contributed by atoms with E-state index in [1.54, 1.807) is 0 Å². The second-order valence-electron chi connectivity index (χ2n) is 6.08. The van der Waals surface area contributed by atoms with E-state index in [1.165, 1.54) is 11.3 Å². The van der Waals surface area contributed by atoms with E-state index in [4.69, 9.17) is 11.6 Å². The number of halogens is 1. The van der Waals surface area contributed by atoms with Gasteiger partial charge in [0.2, 0.25) is 0 Å². The third-order valence-electron chi connectivity index (χ3n) is 3.31. The molecule has 0 radical (unpaired) electrons. The van der Waals surface area contributed by atoms with Crippen LogP contribution in [-0.2, 0) is 6.54 Å². The lowest BCUT2D eigenvalue weighted by Crippen LogP contribution is -2.33. The summed E-state index contributed by atoms with van der Waals surface area (Å²) in [7, 11) is 0. The van der Waals surface area contributed by atoms with Crippen LogP contribution in [-0.4, -0.2) is 19.1 Å². The zero-order valence-corrected chi connectivity index (χ0v) is 14.3. The third-order valence-corrected chi connectivity index (χ3v) is 3.54. The summed E-state index contributed by atoms with van der Waals surface area (Å²) in [5.41, 5.74) is 2.60. The van der Waals surface area contributed by atoms with Crippen LogP contribution in [0.5, 0.6) is 0 Å². The fourth-order valence-corrected chi connectivity index (χ4v) is 2.56. The molecule has 20 heavy (non-hydrogen) atoms. The maximum Gasteiger partial charge on any atom is 0.0415 e. The van der Waals surface area contributed by atoms with E-state index >= 15 is 0 Å². The lowest BCUT2D eigenvalue weighted by Gasteiger charge is -2.31. The fourth-order valence-electron chi connectivity index (χ4n) is 2.37. The molecule has 0 saturated carbocycles.